The fourth-order valence-electron chi connectivity index (χ4n) is 1.29. The van der Waals surface area contributed by atoms with Gasteiger partial charge in [-0.15, -0.1) is 12.4 Å². The Hall–Kier alpha value is -0.440. The van der Waals surface area contributed by atoms with Crippen molar-refractivity contribution in [1.82, 2.24) is 5.32 Å². The first-order valence-electron chi connectivity index (χ1n) is 4.81. The Balaban J connectivity index is 0.00000196. The molecule has 0 unspecified atom stereocenters. The van der Waals surface area contributed by atoms with Crippen molar-refractivity contribution in [2.24, 2.45) is 0 Å². The highest BCUT2D eigenvalue weighted by Gasteiger charge is 2.02. The largest absolute Gasteiger partial charge is 0.496 e. The van der Waals surface area contributed by atoms with E-state index in [1.54, 1.807) is 7.11 Å². The fourth-order valence-corrected chi connectivity index (χ4v) is 1.48. The van der Waals surface area contributed by atoms with Crippen LogP contribution in [0.4, 0.5) is 0 Å². The second-order valence-corrected chi connectivity index (χ2v) is 3.57. The van der Waals surface area contributed by atoms with Crippen LogP contribution in [-0.2, 0) is 6.54 Å². The van der Waals surface area contributed by atoms with Crippen molar-refractivity contribution in [3.63, 3.8) is 0 Å². The van der Waals surface area contributed by atoms with Gasteiger partial charge in [-0.2, -0.15) is 0 Å². The molecule has 0 spiro atoms. The predicted molar refractivity (Wildman–Crippen MR) is 67.2 cm³/mol. The molecule has 0 aliphatic rings. The van der Waals surface area contributed by atoms with Crippen molar-refractivity contribution in [3.05, 3.63) is 28.8 Å². The van der Waals surface area contributed by atoms with Crippen LogP contribution in [0.2, 0.25) is 5.02 Å². The van der Waals surface area contributed by atoms with Crippen LogP contribution in [0.1, 0.15) is 18.9 Å². The second kappa shape index (κ2) is 7.80. The van der Waals surface area contributed by atoms with Crippen molar-refractivity contribution in [3.8, 4) is 5.75 Å². The Morgan fingerprint density at radius 1 is 1.40 bits per heavy atom. The molecule has 0 amide bonds. The quantitative estimate of drug-likeness (QED) is 0.810. The maximum Gasteiger partial charge on any atom is 0.123 e. The highest BCUT2D eigenvalue weighted by molar-refractivity contribution is 6.30. The third-order valence-electron chi connectivity index (χ3n) is 1.98. The molecule has 0 saturated carbocycles. The zero-order valence-electron chi connectivity index (χ0n) is 9.05. The molecule has 0 aliphatic heterocycles. The summed E-state index contributed by atoms with van der Waals surface area (Å²) in [7, 11) is 1.67. The summed E-state index contributed by atoms with van der Waals surface area (Å²) < 4.78 is 5.23. The van der Waals surface area contributed by atoms with E-state index in [2.05, 4.69) is 12.2 Å². The van der Waals surface area contributed by atoms with Gasteiger partial charge < -0.3 is 10.1 Å². The lowest BCUT2D eigenvalue weighted by atomic mass is 10.2. The van der Waals surface area contributed by atoms with Gasteiger partial charge in [-0.3, -0.25) is 0 Å². The lowest BCUT2D eigenvalue weighted by Gasteiger charge is -2.09. The Kier molecular flexibility index (Phi) is 7.57. The molecule has 0 fully saturated rings. The third-order valence-corrected chi connectivity index (χ3v) is 2.22. The molecule has 0 heterocycles. The van der Waals surface area contributed by atoms with E-state index in [1.165, 1.54) is 0 Å². The summed E-state index contributed by atoms with van der Waals surface area (Å²) in [6.45, 7) is 3.95. The molecule has 0 saturated heterocycles. The van der Waals surface area contributed by atoms with E-state index in [9.17, 15) is 0 Å². The van der Waals surface area contributed by atoms with Crippen LogP contribution in [0.15, 0.2) is 18.2 Å². The highest BCUT2D eigenvalue weighted by Crippen LogP contribution is 2.22. The molecular formula is C11H17Cl2NO. The molecular weight excluding hydrogens is 233 g/mol. The molecule has 1 aromatic carbocycles. The number of hydrogen-bond donors (Lipinski definition) is 1. The number of nitrogens with one attached hydrogen (secondary N) is 1. The van der Waals surface area contributed by atoms with Gasteiger partial charge in [0, 0.05) is 17.1 Å². The van der Waals surface area contributed by atoms with Crippen LogP contribution in [-0.4, -0.2) is 13.7 Å². The summed E-state index contributed by atoms with van der Waals surface area (Å²) in [5.41, 5.74) is 1.11. The Bertz CT molecular complexity index is 292. The zero-order chi connectivity index (χ0) is 10.4. The Morgan fingerprint density at radius 3 is 2.73 bits per heavy atom. The average molecular weight is 250 g/mol. The predicted octanol–water partition coefficient (Wildman–Crippen LogP) is 3.27. The molecule has 0 atom stereocenters. The van der Waals surface area contributed by atoms with Crippen molar-refractivity contribution in [1.29, 1.82) is 0 Å². The molecule has 15 heavy (non-hydrogen) atoms. The topological polar surface area (TPSA) is 21.3 Å². The van der Waals surface area contributed by atoms with Crippen molar-refractivity contribution in [2.75, 3.05) is 13.7 Å². The summed E-state index contributed by atoms with van der Waals surface area (Å²) >= 11 is 5.90. The number of rotatable bonds is 5. The smallest absolute Gasteiger partial charge is 0.123 e. The molecule has 1 N–H and O–H groups in total. The van der Waals surface area contributed by atoms with Crippen molar-refractivity contribution < 1.29 is 4.74 Å². The van der Waals surface area contributed by atoms with Crippen LogP contribution in [0, 0.1) is 0 Å². The Labute approximate surface area is 102 Å². The van der Waals surface area contributed by atoms with Crippen LogP contribution in [0.5, 0.6) is 5.75 Å². The van der Waals surface area contributed by atoms with E-state index < -0.39 is 0 Å². The summed E-state index contributed by atoms with van der Waals surface area (Å²) in [5, 5.41) is 4.06. The third kappa shape index (κ3) is 4.74. The molecule has 4 heteroatoms. The number of ether oxygens (including phenoxy) is 1. The standard InChI is InChI=1S/C11H16ClNO.ClH/c1-3-6-13-8-9-7-10(12)4-5-11(9)14-2;/h4-5,7,13H,3,6,8H2,1-2H3;1H. The molecule has 0 aliphatic carbocycles. The maximum absolute atomic E-state index is 5.90. The molecule has 1 rings (SSSR count). The molecule has 0 radical (unpaired) electrons. The summed E-state index contributed by atoms with van der Waals surface area (Å²) in [6, 6.07) is 5.66. The van der Waals surface area contributed by atoms with E-state index in [1.807, 2.05) is 18.2 Å². The summed E-state index contributed by atoms with van der Waals surface area (Å²) in [6.07, 6.45) is 1.13. The number of benzene rings is 1. The van der Waals surface area contributed by atoms with Crippen LogP contribution in [0.3, 0.4) is 0 Å². The monoisotopic (exact) mass is 249 g/mol. The molecule has 2 nitrogen and oxygen atoms in total. The summed E-state index contributed by atoms with van der Waals surface area (Å²) in [4.78, 5) is 0. The van der Waals surface area contributed by atoms with Crippen LogP contribution >= 0.6 is 24.0 Å². The van der Waals surface area contributed by atoms with Gasteiger partial charge in [0.25, 0.3) is 0 Å². The SMILES string of the molecule is CCCNCc1cc(Cl)ccc1OC.Cl. The van der Waals surface area contributed by atoms with Gasteiger partial charge in [-0.1, -0.05) is 18.5 Å². The van der Waals surface area contributed by atoms with Crippen LogP contribution < -0.4 is 10.1 Å². The van der Waals surface area contributed by atoms with Gasteiger partial charge >= 0.3 is 0 Å². The van der Waals surface area contributed by atoms with Gasteiger partial charge in [0.15, 0.2) is 0 Å². The van der Waals surface area contributed by atoms with Crippen LogP contribution in [0.25, 0.3) is 0 Å². The van der Waals surface area contributed by atoms with Crippen molar-refractivity contribution in [2.45, 2.75) is 19.9 Å². The molecule has 86 valence electrons. The van der Waals surface area contributed by atoms with Crippen molar-refractivity contribution >= 4 is 24.0 Å². The summed E-state index contributed by atoms with van der Waals surface area (Å²) in [5.74, 6) is 0.887. The second-order valence-electron chi connectivity index (χ2n) is 3.13. The average Bonchev–Trinajstić information content (AvgIpc) is 2.19. The normalized spacial score (nSPS) is 9.53. The first-order chi connectivity index (χ1) is 6.77. The number of methoxy groups -OCH3 is 1. The minimum atomic E-state index is 0. The van der Waals surface area contributed by atoms with Gasteiger partial charge in [0.2, 0.25) is 0 Å². The minimum Gasteiger partial charge on any atom is -0.496 e. The minimum absolute atomic E-state index is 0. The van der Waals surface area contributed by atoms with Gasteiger partial charge in [0.05, 0.1) is 7.11 Å². The first-order valence-corrected chi connectivity index (χ1v) is 5.19. The zero-order valence-corrected chi connectivity index (χ0v) is 10.6. The molecule has 0 aromatic heterocycles. The Morgan fingerprint density at radius 2 is 2.13 bits per heavy atom. The van der Waals surface area contributed by atoms with E-state index in [4.69, 9.17) is 16.3 Å². The number of hydrogen-bond acceptors (Lipinski definition) is 2. The maximum atomic E-state index is 5.90. The van der Waals surface area contributed by atoms with E-state index in [0.717, 1.165) is 35.8 Å². The molecule has 0 bridgehead atoms. The van der Waals surface area contributed by atoms with Gasteiger partial charge in [0.1, 0.15) is 5.75 Å². The van der Waals surface area contributed by atoms with Gasteiger partial charge in [-0.05, 0) is 31.2 Å². The first kappa shape index (κ1) is 14.6. The van der Waals surface area contributed by atoms with E-state index >= 15 is 0 Å². The lowest BCUT2D eigenvalue weighted by Crippen LogP contribution is -2.14. The number of halogens is 2. The highest BCUT2D eigenvalue weighted by atomic mass is 35.5. The van der Waals surface area contributed by atoms with Gasteiger partial charge in [-0.25, -0.2) is 0 Å². The lowest BCUT2D eigenvalue weighted by molar-refractivity contribution is 0.407. The molecule has 1 aromatic rings. The van der Waals surface area contributed by atoms with E-state index in [0.29, 0.717) is 0 Å². The fraction of sp³-hybridized carbons (Fsp3) is 0.455. The van der Waals surface area contributed by atoms with E-state index in [-0.39, 0.29) is 12.4 Å².